The molecular weight excluding hydrogens is 561 g/mol. The number of aliphatic hydroxyl groups excluding tert-OH is 1. The minimum absolute atomic E-state index is 0.0146. The molecule has 12 unspecified atom stereocenters. The maximum absolute atomic E-state index is 13.0. The Bertz CT molecular complexity index is 1040. The fourth-order valence-electron chi connectivity index (χ4n) is 4.74. The molecule has 0 saturated carbocycles. The minimum Gasteiger partial charge on any atom is -0.396 e. The van der Waals surface area contributed by atoms with Gasteiger partial charge in [-0.2, -0.15) is 0 Å². The first kappa shape index (κ1) is 32.1. The second kappa shape index (κ2) is 13.0. The number of phosphoric ester groups is 2. The smallest absolute Gasteiger partial charge is 0.396 e. The van der Waals surface area contributed by atoms with E-state index in [1.807, 2.05) is 26.8 Å². The van der Waals surface area contributed by atoms with Gasteiger partial charge in [0, 0.05) is 12.6 Å². The van der Waals surface area contributed by atoms with Crippen LogP contribution in [0.15, 0.2) is 36.5 Å². The molecule has 0 bridgehead atoms. The molecule has 218 valence electrons. The van der Waals surface area contributed by atoms with Crippen LogP contribution < -0.4 is 0 Å². The predicted octanol–water partition coefficient (Wildman–Crippen LogP) is 4.32. The summed E-state index contributed by atoms with van der Waals surface area (Å²) in [6.07, 6.45) is 5.69. The zero-order valence-corrected chi connectivity index (χ0v) is 24.6. The minimum atomic E-state index is -4.81. The molecule has 0 aromatic heterocycles. The van der Waals surface area contributed by atoms with Gasteiger partial charge in [0.05, 0.1) is 18.8 Å². The quantitative estimate of drug-likeness (QED) is 0.195. The van der Waals surface area contributed by atoms with Gasteiger partial charge in [0.15, 0.2) is 0 Å². The summed E-state index contributed by atoms with van der Waals surface area (Å²) in [5, 5.41) is 9.60. The molecular formula is C23H39O12P3. The van der Waals surface area contributed by atoms with E-state index < -0.39 is 59.7 Å². The van der Waals surface area contributed by atoms with Gasteiger partial charge in [-0.1, -0.05) is 57.2 Å². The molecule has 0 radical (unpaired) electrons. The van der Waals surface area contributed by atoms with Crippen molar-refractivity contribution < 1.29 is 56.1 Å². The van der Waals surface area contributed by atoms with Crippen molar-refractivity contribution in [3.8, 4) is 0 Å². The van der Waals surface area contributed by atoms with Crippen molar-refractivity contribution in [1.82, 2.24) is 0 Å². The summed E-state index contributed by atoms with van der Waals surface area (Å²) in [6, 6.07) is 0. The van der Waals surface area contributed by atoms with Crippen molar-refractivity contribution in [3.05, 3.63) is 36.5 Å². The van der Waals surface area contributed by atoms with Crippen molar-refractivity contribution in [2.45, 2.75) is 70.6 Å². The number of allylic oxidation sites excluding steroid dienone is 3. The third-order valence-corrected chi connectivity index (χ3v) is 9.31. The third kappa shape index (κ3) is 9.88. The molecule has 3 rings (SSSR count). The molecule has 3 aliphatic rings. The maximum Gasteiger partial charge on any atom is 0.473 e. The first-order valence-electron chi connectivity index (χ1n) is 12.6. The number of hydrogen-bond acceptors (Lipinski definition) is 9. The zero-order chi connectivity index (χ0) is 28.3. The van der Waals surface area contributed by atoms with Gasteiger partial charge in [0.25, 0.3) is 0 Å². The van der Waals surface area contributed by atoms with E-state index in [0.717, 1.165) is 6.66 Å². The molecule has 0 fully saturated rings. The summed E-state index contributed by atoms with van der Waals surface area (Å²) in [4.78, 5) is 30.7. The van der Waals surface area contributed by atoms with Gasteiger partial charge in [0.1, 0.15) is 18.3 Å². The highest BCUT2D eigenvalue weighted by Gasteiger charge is 2.43. The van der Waals surface area contributed by atoms with Crippen LogP contribution in [0.1, 0.15) is 40.0 Å². The third-order valence-electron chi connectivity index (χ3n) is 6.56. The zero-order valence-electron chi connectivity index (χ0n) is 21.9. The summed E-state index contributed by atoms with van der Waals surface area (Å²) in [6.45, 7) is 6.35. The van der Waals surface area contributed by atoms with Gasteiger partial charge in [-0.05, 0) is 37.0 Å². The SMILES string of the molecule is CC1C=CC(CO)C(OP(=O)(O)OC2C=CC(C)CC2OP(=O)(O)OC2C=CC(C)CC2OP(C)(=O)O)C1. The maximum atomic E-state index is 13.0. The van der Waals surface area contributed by atoms with E-state index in [-0.39, 0.29) is 37.2 Å². The van der Waals surface area contributed by atoms with E-state index in [1.54, 1.807) is 18.2 Å². The Balaban J connectivity index is 1.70. The molecule has 3 aliphatic carbocycles. The van der Waals surface area contributed by atoms with Crippen molar-refractivity contribution in [2.24, 2.45) is 23.7 Å². The van der Waals surface area contributed by atoms with Gasteiger partial charge in [0.2, 0.25) is 0 Å². The standard InChI is InChI=1S/C23H39O12P3/c1-15-5-8-18(14-24)21(11-15)34-37(27,28)33-20-10-7-17(3)13-23(20)35-38(29,30)32-19-9-6-16(2)12-22(19)31-36(4,25)26/h5-10,15-24H,11-14H2,1-4H3,(H,25,26)(H,27,28)(H,29,30). The van der Waals surface area contributed by atoms with E-state index in [1.165, 1.54) is 12.2 Å². The molecule has 0 aliphatic heterocycles. The van der Waals surface area contributed by atoms with E-state index >= 15 is 0 Å². The number of rotatable bonds is 11. The fourth-order valence-corrected chi connectivity index (χ4v) is 7.71. The molecule has 0 saturated heterocycles. The average Bonchev–Trinajstić information content (AvgIpc) is 2.76. The Morgan fingerprint density at radius 3 is 1.47 bits per heavy atom. The van der Waals surface area contributed by atoms with Gasteiger partial charge < -0.3 is 24.3 Å². The van der Waals surface area contributed by atoms with Crippen molar-refractivity contribution >= 4 is 23.2 Å². The van der Waals surface area contributed by atoms with Gasteiger partial charge in [-0.15, -0.1) is 0 Å². The first-order valence-corrected chi connectivity index (χ1v) is 17.6. The predicted molar refractivity (Wildman–Crippen MR) is 139 cm³/mol. The lowest BCUT2D eigenvalue weighted by atomic mass is 9.87. The van der Waals surface area contributed by atoms with Crippen molar-refractivity contribution in [1.29, 1.82) is 0 Å². The number of hydrogen-bond donors (Lipinski definition) is 4. The van der Waals surface area contributed by atoms with Gasteiger partial charge in [-0.25, -0.2) is 9.13 Å². The van der Waals surface area contributed by atoms with Crippen LogP contribution in [-0.2, 0) is 36.3 Å². The van der Waals surface area contributed by atoms with Gasteiger partial charge in [-0.3, -0.25) is 22.7 Å². The molecule has 12 atom stereocenters. The van der Waals surface area contributed by atoms with Crippen LogP contribution in [-0.4, -0.2) is 63.6 Å². The van der Waals surface area contributed by atoms with E-state index in [2.05, 4.69) is 0 Å². The topological polar surface area (TPSA) is 178 Å². The van der Waals surface area contributed by atoms with E-state index in [0.29, 0.717) is 6.42 Å². The Kier molecular flexibility index (Phi) is 11.0. The van der Waals surface area contributed by atoms with Crippen LogP contribution in [0.5, 0.6) is 0 Å². The number of phosphoric acid groups is 2. The van der Waals surface area contributed by atoms with Crippen LogP contribution in [0.25, 0.3) is 0 Å². The molecule has 0 aromatic carbocycles. The summed E-state index contributed by atoms with van der Waals surface area (Å²) in [7, 11) is -13.4. The van der Waals surface area contributed by atoms with E-state index in [4.69, 9.17) is 22.6 Å². The van der Waals surface area contributed by atoms with Crippen LogP contribution in [0.3, 0.4) is 0 Å². The molecule has 12 nitrogen and oxygen atoms in total. The number of aliphatic hydroxyl groups is 1. The normalized spacial score (nSPS) is 40.3. The Labute approximate surface area is 223 Å². The summed E-state index contributed by atoms with van der Waals surface area (Å²) < 4.78 is 64.5. The van der Waals surface area contributed by atoms with Gasteiger partial charge >= 0.3 is 23.2 Å². The fraction of sp³-hybridized carbons (Fsp3) is 0.739. The first-order chi connectivity index (χ1) is 17.6. The highest BCUT2D eigenvalue weighted by molar-refractivity contribution is 7.52. The lowest BCUT2D eigenvalue weighted by Crippen LogP contribution is -2.36. The second-order valence-electron chi connectivity index (χ2n) is 10.5. The molecule has 0 spiro atoms. The average molecular weight is 600 g/mol. The van der Waals surface area contributed by atoms with Crippen LogP contribution in [0.4, 0.5) is 0 Å². The van der Waals surface area contributed by atoms with Crippen LogP contribution >= 0.6 is 23.2 Å². The lowest BCUT2D eigenvalue weighted by Gasteiger charge is -2.35. The Hall–Kier alpha value is -0.450. The molecule has 15 heteroatoms. The Morgan fingerprint density at radius 1 is 0.632 bits per heavy atom. The molecule has 4 N–H and O–H groups in total. The molecule has 0 heterocycles. The molecule has 38 heavy (non-hydrogen) atoms. The van der Waals surface area contributed by atoms with Crippen molar-refractivity contribution in [2.75, 3.05) is 13.3 Å². The summed E-state index contributed by atoms with van der Waals surface area (Å²) in [5.41, 5.74) is 0. The van der Waals surface area contributed by atoms with E-state index in [9.17, 15) is 33.5 Å². The molecule has 0 aromatic rings. The summed E-state index contributed by atoms with van der Waals surface area (Å²) >= 11 is 0. The van der Waals surface area contributed by atoms with Crippen molar-refractivity contribution in [3.63, 3.8) is 0 Å². The Morgan fingerprint density at radius 2 is 1.03 bits per heavy atom. The highest BCUT2D eigenvalue weighted by atomic mass is 31.2. The lowest BCUT2D eigenvalue weighted by molar-refractivity contribution is -0.0192. The van der Waals surface area contributed by atoms with Crippen LogP contribution in [0, 0.1) is 23.7 Å². The monoisotopic (exact) mass is 600 g/mol. The van der Waals surface area contributed by atoms with Crippen LogP contribution in [0.2, 0.25) is 0 Å². The summed E-state index contributed by atoms with van der Waals surface area (Å²) in [5.74, 6) is -0.522. The molecule has 0 amide bonds. The largest absolute Gasteiger partial charge is 0.473 e. The highest BCUT2D eigenvalue weighted by Crippen LogP contribution is 2.54. The second-order valence-corrected chi connectivity index (χ2v) is 15.0.